The van der Waals surface area contributed by atoms with E-state index in [1.807, 2.05) is 12.1 Å². The smallest absolute Gasteiger partial charge is 0.191 e. The van der Waals surface area contributed by atoms with Crippen molar-refractivity contribution < 1.29 is 9.47 Å². The minimum Gasteiger partial charge on any atom is -0.493 e. The number of thiophene rings is 1. The van der Waals surface area contributed by atoms with Crippen LogP contribution in [0.2, 0.25) is 0 Å². The number of benzene rings is 1. The van der Waals surface area contributed by atoms with Crippen LogP contribution in [0.3, 0.4) is 0 Å². The first-order chi connectivity index (χ1) is 12.5. The van der Waals surface area contributed by atoms with Gasteiger partial charge in [-0.2, -0.15) is 0 Å². The van der Waals surface area contributed by atoms with Crippen molar-refractivity contribution in [2.24, 2.45) is 4.99 Å². The highest BCUT2D eigenvalue weighted by Gasteiger charge is 2.22. The second-order valence-electron chi connectivity index (χ2n) is 6.64. The van der Waals surface area contributed by atoms with E-state index in [-0.39, 0.29) is 29.4 Å². The van der Waals surface area contributed by atoms with Gasteiger partial charge in [-0.25, -0.2) is 0 Å². The van der Waals surface area contributed by atoms with Crippen LogP contribution in [0.25, 0.3) is 0 Å². The van der Waals surface area contributed by atoms with Crippen molar-refractivity contribution in [1.29, 1.82) is 0 Å². The Balaban J connectivity index is 0.00000364. The first-order valence-electron chi connectivity index (χ1n) is 8.69. The molecular weight excluding hydrogens is 473 g/mol. The third-order valence-corrected chi connectivity index (χ3v) is 5.27. The summed E-state index contributed by atoms with van der Waals surface area (Å²) < 4.78 is 10.8. The third-order valence-electron chi connectivity index (χ3n) is 4.33. The molecule has 0 aliphatic carbocycles. The predicted octanol–water partition coefficient (Wildman–Crippen LogP) is 4.07. The molecule has 2 rings (SSSR count). The molecule has 0 fully saturated rings. The monoisotopic (exact) mass is 503 g/mol. The van der Waals surface area contributed by atoms with Crippen molar-refractivity contribution in [3.8, 4) is 11.5 Å². The van der Waals surface area contributed by atoms with E-state index in [0.717, 1.165) is 37.0 Å². The number of halogens is 1. The topological polar surface area (TPSA) is 54.9 Å². The average Bonchev–Trinajstić information content (AvgIpc) is 3.17. The van der Waals surface area contributed by atoms with Gasteiger partial charge in [0.2, 0.25) is 0 Å². The fourth-order valence-corrected chi connectivity index (χ4v) is 3.35. The molecule has 27 heavy (non-hydrogen) atoms. The van der Waals surface area contributed by atoms with Crippen molar-refractivity contribution in [2.45, 2.75) is 25.7 Å². The Bertz CT molecular complexity index is 718. The Morgan fingerprint density at radius 1 is 1.11 bits per heavy atom. The lowest BCUT2D eigenvalue weighted by molar-refractivity contribution is 0.353. The molecule has 150 valence electrons. The average molecular weight is 503 g/mol. The molecule has 0 saturated carbocycles. The Labute approximate surface area is 183 Å². The van der Waals surface area contributed by atoms with Crippen molar-refractivity contribution >= 4 is 41.3 Å². The van der Waals surface area contributed by atoms with Gasteiger partial charge in [0.25, 0.3) is 0 Å². The van der Waals surface area contributed by atoms with Crippen LogP contribution in [0.1, 0.15) is 24.3 Å². The molecule has 5 nitrogen and oxygen atoms in total. The molecule has 2 aromatic rings. The molecule has 0 bridgehead atoms. The number of hydrogen-bond donors (Lipinski definition) is 2. The fourth-order valence-electron chi connectivity index (χ4n) is 2.64. The second-order valence-corrected chi connectivity index (χ2v) is 7.67. The number of aliphatic imine (C=N–C) groups is 1. The Kier molecular flexibility index (Phi) is 9.93. The zero-order chi connectivity index (χ0) is 19.0. The number of methoxy groups -OCH3 is 2. The molecule has 0 amide bonds. The van der Waals surface area contributed by atoms with Gasteiger partial charge >= 0.3 is 0 Å². The van der Waals surface area contributed by atoms with Gasteiger partial charge < -0.3 is 20.1 Å². The lowest BCUT2D eigenvalue weighted by Crippen LogP contribution is -2.44. The summed E-state index contributed by atoms with van der Waals surface area (Å²) >= 11 is 1.78. The first-order valence-corrected chi connectivity index (χ1v) is 9.57. The zero-order valence-corrected chi connectivity index (χ0v) is 19.8. The summed E-state index contributed by atoms with van der Waals surface area (Å²) in [6.07, 6.45) is 0.997. The minimum absolute atomic E-state index is 0. The summed E-state index contributed by atoms with van der Waals surface area (Å²) in [6.45, 7) is 6.00. The van der Waals surface area contributed by atoms with E-state index in [9.17, 15) is 0 Å². The molecular formula is C20H30IN3O2S. The number of guanidine groups is 1. The molecule has 1 aromatic carbocycles. The van der Waals surface area contributed by atoms with Crippen LogP contribution in [-0.2, 0) is 11.8 Å². The highest BCUT2D eigenvalue weighted by molar-refractivity contribution is 14.0. The summed E-state index contributed by atoms with van der Waals surface area (Å²) in [6, 6.07) is 10.3. The van der Waals surface area contributed by atoms with Crippen LogP contribution in [0.4, 0.5) is 0 Å². The third kappa shape index (κ3) is 6.88. The molecule has 0 saturated heterocycles. The predicted molar refractivity (Wildman–Crippen MR) is 125 cm³/mol. The number of nitrogens with one attached hydrogen (secondary N) is 2. The van der Waals surface area contributed by atoms with Gasteiger partial charge in [-0.15, -0.1) is 35.3 Å². The highest BCUT2D eigenvalue weighted by Crippen LogP contribution is 2.32. The molecule has 0 radical (unpaired) electrons. The number of nitrogens with zero attached hydrogens (tertiary/aromatic N) is 1. The highest BCUT2D eigenvalue weighted by atomic mass is 127. The molecule has 0 atom stereocenters. The minimum atomic E-state index is -0.0923. The van der Waals surface area contributed by atoms with Crippen molar-refractivity contribution in [1.82, 2.24) is 10.6 Å². The van der Waals surface area contributed by atoms with Crippen LogP contribution >= 0.6 is 35.3 Å². The van der Waals surface area contributed by atoms with Crippen LogP contribution in [0, 0.1) is 0 Å². The lowest BCUT2D eigenvalue weighted by atomic mass is 9.84. The van der Waals surface area contributed by atoms with E-state index in [4.69, 9.17) is 9.47 Å². The quantitative estimate of drug-likeness (QED) is 0.324. The van der Waals surface area contributed by atoms with E-state index < -0.39 is 0 Å². The van der Waals surface area contributed by atoms with Gasteiger partial charge in [0, 0.05) is 30.4 Å². The summed E-state index contributed by atoms with van der Waals surface area (Å²) in [7, 11) is 5.10. The van der Waals surface area contributed by atoms with E-state index in [2.05, 4.69) is 53.1 Å². The van der Waals surface area contributed by atoms with E-state index in [0.29, 0.717) is 0 Å². The van der Waals surface area contributed by atoms with Gasteiger partial charge in [0.05, 0.1) is 14.2 Å². The van der Waals surface area contributed by atoms with Crippen LogP contribution < -0.4 is 20.1 Å². The van der Waals surface area contributed by atoms with E-state index >= 15 is 0 Å². The van der Waals surface area contributed by atoms with Gasteiger partial charge in [-0.3, -0.25) is 4.99 Å². The fraction of sp³-hybridized carbons (Fsp3) is 0.450. The summed E-state index contributed by atoms with van der Waals surface area (Å²) in [5, 5.41) is 8.90. The zero-order valence-electron chi connectivity index (χ0n) is 16.7. The maximum Gasteiger partial charge on any atom is 0.191 e. The van der Waals surface area contributed by atoms with Crippen molar-refractivity contribution in [3.63, 3.8) is 0 Å². The molecule has 1 heterocycles. The molecule has 1 aromatic heterocycles. The normalized spacial score (nSPS) is 11.5. The molecule has 0 spiro atoms. The largest absolute Gasteiger partial charge is 0.493 e. The van der Waals surface area contributed by atoms with Crippen LogP contribution in [-0.4, -0.2) is 40.3 Å². The summed E-state index contributed by atoms with van der Waals surface area (Å²) in [5.74, 6) is 2.30. The van der Waals surface area contributed by atoms with Gasteiger partial charge in [0.1, 0.15) is 0 Å². The number of ether oxygens (including phenoxy) is 2. The molecule has 0 aliphatic rings. The maximum atomic E-state index is 5.43. The Morgan fingerprint density at radius 3 is 2.44 bits per heavy atom. The molecule has 0 unspecified atom stereocenters. The Morgan fingerprint density at radius 2 is 1.85 bits per heavy atom. The number of hydrogen-bond acceptors (Lipinski definition) is 4. The van der Waals surface area contributed by atoms with E-state index in [1.54, 1.807) is 32.6 Å². The van der Waals surface area contributed by atoms with Gasteiger partial charge in [-0.1, -0.05) is 26.0 Å². The maximum absolute atomic E-state index is 5.43. The first kappa shape index (κ1) is 23.6. The lowest BCUT2D eigenvalue weighted by Gasteiger charge is -2.27. The standard InChI is InChI=1S/C20H29N3O2S.HI/c1-20(2,15-8-9-17(24-4)18(13-15)25-5)14-23-19(21-3)22-11-10-16-7-6-12-26-16;/h6-9,12-13H,10-11,14H2,1-5H3,(H2,21,22,23);1H. The van der Waals surface area contributed by atoms with Crippen LogP contribution in [0.15, 0.2) is 40.7 Å². The van der Waals surface area contributed by atoms with Crippen LogP contribution in [0.5, 0.6) is 11.5 Å². The SMILES string of the molecule is CN=C(NCCc1cccs1)NCC(C)(C)c1ccc(OC)c(OC)c1.I. The van der Waals surface area contributed by atoms with Crippen molar-refractivity contribution in [3.05, 3.63) is 46.2 Å². The van der Waals surface area contributed by atoms with Gasteiger partial charge in [-0.05, 0) is 35.6 Å². The van der Waals surface area contributed by atoms with E-state index in [1.165, 1.54) is 10.4 Å². The number of rotatable bonds is 8. The second kappa shape index (κ2) is 11.4. The summed E-state index contributed by atoms with van der Waals surface area (Å²) in [4.78, 5) is 5.69. The molecule has 2 N–H and O–H groups in total. The Hall–Kier alpha value is -1.48. The summed E-state index contributed by atoms with van der Waals surface area (Å²) in [5.41, 5.74) is 1.09. The van der Waals surface area contributed by atoms with Gasteiger partial charge in [0.15, 0.2) is 17.5 Å². The van der Waals surface area contributed by atoms with Crippen molar-refractivity contribution in [2.75, 3.05) is 34.4 Å². The molecule has 7 heteroatoms. The molecule has 0 aliphatic heterocycles.